The van der Waals surface area contributed by atoms with Crippen molar-refractivity contribution in [1.29, 1.82) is 0 Å². The number of aliphatic hydroxyl groups excluding tert-OH is 1. The van der Waals surface area contributed by atoms with E-state index in [0.29, 0.717) is 6.54 Å². The average molecular weight is 291 g/mol. The molecule has 0 saturated heterocycles. The number of amides is 1. The highest BCUT2D eigenvalue weighted by Crippen LogP contribution is 2.20. The van der Waals surface area contributed by atoms with Crippen molar-refractivity contribution < 1.29 is 14.6 Å². The second kappa shape index (κ2) is 8.47. The van der Waals surface area contributed by atoms with Crippen molar-refractivity contribution in [3.05, 3.63) is 35.9 Å². The standard InChI is InChI=1S/C17H25NO3/c1-17(2,11-4-12-19)13-18-16(20)10-7-14-5-8-15(21-3)9-6-14/h5-10,19H,4,11-13H2,1-3H3,(H,18,20)/b10-7+. The van der Waals surface area contributed by atoms with Crippen molar-refractivity contribution in [2.24, 2.45) is 5.41 Å². The molecule has 0 aromatic heterocycles. The van der Waals surface area contributed by atoms with Gasteiger partial charge in [0.05, 0.1) is 7.11 Å². The van der Waals surface area contributed by atoms with Crippen LogP contribution in [0.4, 0.5) is 0 Å². The first kappa shape index (κ1) is 17.2. The number of ether oxygens (including phenoxy) is 1. The molecule has 0 aliphatic rings. The molecule has 0 aliphatic carbocycles. The van der Waals surface area contributed by atoms with Crippen molar-refractivity contribution in [2.75, 3.05) is 20.3 Å². The fraction of sp³-hybridized carbons (Fsp3) is 0.471. The van der Waals surface area contributed by atoms with Crippen LogP contribution in [0.15, 0.2) is 30.3 Å². The molecule has 1 aromatic carbocycles. The topological polar surface area (TPSA) is 58.6 Å². The predicted octanol–water partition coefficient (Wildman–Crippen LogP) is 2.62. The Morgan fingerprint density at radius 2 is 2.00 bits per heavy atom. The van der Waals surface area contributed by atoms with Crippen LogP contribution in [0.25, 0.3) is 6.08 Å². The maximum absolute atomic E-state index is 11.8. The molecule has 1 amide bonds. The van der Waals surface area contributed by atoms with Crippen LogP contribution in [0, 0.1) is 5.41 Å². The summed E-state index contributed by atoms with van der Waals surface area (Å²) in [6.45, 7) is 4.94. The highest BCUT2D eigenvalue weighted by Gasteiger charge is 2.17. The van der Waals surface area contributed by atoms with Gasteiger partial charge in [0.15, 0.2) is 0 Å². The maximum Gasteiger partial charge on any atom is 0.244 e. The van der Waals surface area contributed by atoms with E-state index in [1.54, 1.807) is 13.2 Å². The minimum absolute atomic E-state index is 0.00760. The molecule has 0 saturated carbocycles. The lowest BCUT2D eigenvalue weighted by Crippen LogP contribution is -2.33. The van der Waals surface area contributed by atoms with Crippen LogP contribution in [0.2, 0.25) is 0 Å². The van der Waals surface area contributed by atoms with Gasteiger partial charge in [-0.2, -0.15) is 0 Å². The van der Waals surface area contributed by atoms with Gasteiger partial charge >= 0.3 is 0 Å². The largest absolute Gasteiger partial charge is 0.497 e. The number of nitrogens with one attached hydrogen (secondary N) is 1. The molecule has 2 N–H and O–H groups in total. The van der Waals surface area contributed by atoms with E-state index >= 15 is 0 Å². The highest BCUT2D eigenvalue weighted by molar-refractivity contribution is 5.91. The van der Waals surface area contributed by atoms with Gasteiger partial charge in [-0.25, -0.2) is 0 Å². The Balaban J connectivity index is 2.43. The van der Waals surface area contributed by atoms with Crippen LogP contribution in [-0.4, -0.2) is 31.3 Å². The van der Waals surface area contributed by atoms with Crippen LogP contribution in [0.1, 0.15) is 32.3 Å². The molecule has 1 aromatic rings. The molecule has 21 heavy (non-hydrogen) atoms. The lowest BCUT2D eigenvalue weighted by atomic mass is 9.88. The SMILES string of the molecule is COc1ccc(/C=C/C(=O)NCC(C)(C)CCCO)cc1. The summed E-state index contributed by atoms with van der Waals surface area (Å²) in [7, 11) is 1.62. The third-order valence-corrected chi connectivity index (χ3v) is 3.30. The molecule has 0 atom stereocenters. The second-order valence-electron chi connectivity index (χ2n) is 5.82. The number of aliphatic hydroxyl groups is 1. The molecule has 0 fully saturated rings. The molecule has 0 bridgehead atoms. The van der Waals surface area contributed by atoms with Gasteiger partial charge in [-0.1, -0.05) is 26.0 Å². The molecule has 116 valence electrons. The van der Waals surface area contributed by atoms with E-state index in [4.69, 9.17) is 9.84 Å². The predicted molar refractivity (Wildman–Crippen MR) is 85.1 cm³/mol. The molecule has 0 unspecified atom stereocenters. The second-order valence-corrected chi connectivity index (χ2v) is 5.82. The van der Waals surface area contributed by atoms with Gasteiger partial charge in [-0.05, 0) is 42.0 Å². The third kappa shape index (κ3) is 6.95. The summed E-state index contributed by atoms with van der Waals surface area (Å²) in [6, 6.07) is 7.51. The molecule has 0 spiro atoms. The number of hydrogen-bond donors (Lipinski definition) is 2. The molecule has 1 rings (SSSR count). The van der Waals surface area contributed by atoms with Crippen molar-refractivity contribution >= 4 is 12.0 Å². The zero-order valence-corrected chi connectivity index (χ0v) is 13.1. The summed E-state index contributed by atoms with van der Waals surface area (Å²) in [5.74, 6) is 0.685. The van der Waals surface area contributed by atoms with E-state index in [1.807, 2.05) is 24.3 Å². The molecule has 0 heterocycles. The fourth-order valence-corrected chi connectivity index (χ4v) is 1.92. The van der Waals surface area contributed by atoms with Gasteiger partial charge in [0.1, 0.15) is 5.75 Å². The number of carbonyl (C=O) groups is 1. The maximum atomic E-state index is 11.8. The Kier molecular flexibility index (Phi) is 6.96. The third-order valence-electron chi connectivity index (χ3n) is 3.30. The molecule has 0 aliphatic heterocycles. The van der Waals surface area contributed by atoms with Crippen LogP contribution in [-0.2, 0) is 4.79 Å². The first-order chi connectivity index (χ1) is 9.96. The van der Waals surface area contributed by atoms with Crippen molar-refractivity contribution in [3.63, 3.8) is 0 Å². The van der Waals surface area contributed by atoms with Gasteiger partial charge in [0.2, 0.25) is 5.91 Å². The Morgan fingerprint density at radius 1 is 1.33 bits per heavy atom. The number of carbonyl (C=O) groups excluding carboxylic acids is 1. The normalized spacial score (nSPS) is 11.6. The van der Waals surface area contributed by atoms with E-state index in [1.165, 1.54) is 6.08 Å². The van der Waals surface area contributed by atoms with Gasteiger partial charge in [-0.15, -0.1) is 0 Å². The van der Waals surface area contributed by atoms with E-state index < -0.39 is 0 Å². The van der Waals surface area contributed by atoms with Crippen LogP contribution in [0.5, 0.6) is 5.75 Å². The fourth-order valence-electron chi connectivity index (χ4n) is 1.92. The van der Waals surface area contributed by atoms with Gasteiger partial charge < -0.3 is 15.2 Å². The Hall–Kier alpha value is -1.81. The number of rotatable bonds is 8. The van der Waals surface area contributed by atoms with E-state index in [-0.39, 0.29) is 17.9 Å². The first-order valence-electron chi connectivity index (χ1n) is 7.18. The Bertz CT molecular complexity index is 463. The van der Waals surface area contributed by atoms with E-state index in [0.717, 1.165) is 24.2 Å². The average Bonchev–Trinajstić information content (AvgIpc) is 2.49. The smallest absolute Gasteiger partial charge is 0.244 e. The summed E-state index contributed by atoms with van der Waals surface area (Å²) in [6.07, 6.45) is 4.94. The summed E-state index contributed by atoms with van der Waals surface area (Å²) < 4.78 is 5.08. The molecular weight excluding hydrogens is 266 g/mol. The highest BCUT2D eigenvalue weighted by atomic mass is 16.5. The Morgan fingerprint density at radius 3 is 2.57 bits per heavy atom. The van der Waals surface area contributed by atoms with Gasteiger partial charge in [0.25, 0.3) is 0 Å². The van der Waals surface area contributed by atoms with Crippen molar-refractivity contribution in [3.8, 4) is 5.75 Å². The molecular formula is C17H25NO3. The minimum atomic E-state index is -0.108. The minimum Gasteiger partial charge on any atom is -0.497 e. The zero-order valence-electron chi connectivity index (χ0n) is 13.1. The van der Waals surface area contributed by atoms with Crippen LogP contribution >= 0.6 is 0 Å². The summed E-state index contributed by atoms with van der Waals surface area (Å²) in [5.41, 5.74) is 0.942. The molecule has 0 radical (unpaired) electrons. The van der Waals surface area contributed by atoms with Gasteiger partial charge in [-0.3, -0.25) is 4.79 Å². The summed E-state index contributed by atoms with van der Waals surface area (Å²) in [4.78, 5) is 11.8. The summed E-state index contributed by atoms with van der Waals surface area (Å²) >= 11 is 0. The number of hydrogen-bond acceptors (Lipinski definition) is 3. The lowest BCUT2D eigenvalue weighted by molar-refractivity contribution is -0.116. The quantitative estimate of drug-likeness (QED) is 0.724. The van der Waals surface area contributed by atoms with Crippen LogP contribution in [0.3, 0.4) is 0 Å². The van der Waals surface area contributed by atoms with E-state index in [9.17, 15) is 4.79 Å². The van der Waals surface area contributed by atoms with Crippen LogP contribution < -0.4 is 10.1 Å². The lowest BCUT2D eigenvalue weighted by Gasteiger charge is -2.24. The van der Waals surface area contributed by atoms with E-state index in [2.05, 4.69) is 19.2 Å². The Labute approximate surface area is 126 Å². The summed E-state index contributed by atoms with van der Waals surface area (Å²) in [5, 5.41) is 11.7. The van der Waals surface area contributed by atoms with Crippen molar-refractivity contribution in [2.45, 2.75) is 26.7 Å². The first-order valence-corrected chi connectivity index (χ1v) is 7.18. The van der Waals surface area contributed by atoms with Gasteiger partial charge in [0, 0.05) is 19.2 Å². The zero-order chi connectivity index (χ0) is 15.7. The molecule has 4 nitrogen and oxygen atoms in total. The number of benzene rings is 1. The monoisotopic (exact) mass is 291 g/mol. The van der Waals surface area contributed by atoms with Crippen molar-refractivity contribution in [1.82, 2.24) is 5.32 Å². The molecule has 4 heteroatoms. The number of methoxy groups -OCH3 is 1.